The summed E-state index contributed by atoms with van der Waals surface area (Å²) in [5.74, 6) is -0.506. The number of ether oxygens (including phenoxy) is 2. The number of benzene rings is 3. The molecule has 202 valence electrons. The molecule has 0 atom stereocenters. The Balaban J connectivity index is 1.53. The molecular weight excluding hydrogens is 514 g/mol. The first kappa shape index (κ1) is 27.4. The number of methoxy groups -OCH3 is 2. The number of rotatable bonds is 10. The maximum absolute atomic E-state index is 13.1. The lowest BCUT2D eigenvalue weighted by Crippen LogP contribution is -2.32. The average molecular weight is 540 g/mol. The van der Waals surface area contributed by atoms with Crippen molar-refractivity contribution in [2.75, 3.05) is 14.2 Å². The van der Waals surface area contributed by atoms with Crippen molar-refractivity contribution < 1.29 is 33.4 Å². The summed E-state index contributed by atoms with van der Waals surface area (Å²) in [6, 6.07) is 23.1. The van der Waals surface area contributed by atoms with E-state index in [0.717, 1.165) is 0 Å². The van der Waals surface area contributed by atoms with Gasteiger partial charge in [0.2, 0.25) is 0 Å². The summed E-state index contributed by atoms with van der Waals surface area (Å²) in [5.41, 5.74) is 3.96. The molecule has 40 heavy (non-hydrogen) atoms. The molecule has 0 aliphatic carbocycles. The van der Waals surface area contributed by atoms with Crippen LogP contribution in [0.3, 0.4) is 0 Å². The summed E-state index contributed by atoms with van der Waals surface area (Å²) >= 11 is 0. The Morgan fingerprint density at radius 3 is 2.33 bits per heavy atom. The van der Waals surface area contributed by atoms with Crippen LogP contribution in [0.15, 0.2) is 100 Å². The van der Waals surface area contributed by atoms with Gasteiger partial charge in [0.25, 0.3) is 11.8 Å². The maximum Gasteiger partial charge on any atom is 0.335 e. The van der Waals surface area contributed by atoms with Gasteiger partial charge in [-0.05, 0) is 60.2 Å². The van der Waals surface area contributed by atoms with Crippen LogP contribution >= 0.6 is 0 Å². The average Bonchev–Trinajstić information content (AvgIpc) is 3.46. The van der Waals surface area contributed by atoms with E-state index >= 15 is 0 Å². The van der Waals surface area contributed by atoms with Crippen LogP contribution in [0.4, 0.5) is 0 Å². The Labute approximate surface area is 229 Å². The van der Waals surface area contributed by atoms with Crippen LogP contribution in [0.5, 0.6) is 11.5 Å². The fourth-order valence-corrected chi connectivity index (χ4v) is 3.65. The third-order valence-electron chi connectivity index (χ3n) is 5.63. The highest BCUT2D eigenvalue weighted by atomic mass is 16.5. The molecule has 10 heteroatoms. The molecule has 3 aromatic carbocycles. The van der Waals surface area contributed by atoms with Gasteiger partial charge in [-0.15, -0.1) is 0 Å². The molecule has 4 aromatic rings. The smallest absolute Gasteiger partial charge is 0.335 e. The molecule has 0 saturated heterocycles. The van der Waals surface area contributed by atoms with Crippen LogP contribution in [0, 0.1) is 0 Å². The third-order valence-corrected chi connectivity index (χ3v) is 5.63. The van der Waals surface area contributed by atoms with Gasteiger partial charge in [-0.1, -0.05) is 36.4 Å². The van der Waals surface area contributed by atoms with Gasteiger partial charge in [0.1, 0.15) is 17.2 Å². The molecule has 0 aliphatic heterocycles. The van der Waals surface area contributed by atoms with Crippen LogP contribution in [-0.2, 0) is 4.79 Å². The first-order valence-corrected chi connectivity index (χ1v) is 11.9. The number of carbonyl (C=O) groups excluding carboxylic acids is 2. The lowest BCUT2D eigenvalue weighted by molar-refractivity contribution is -0.117. The Kier molecular flexibility index (Phi) is 8.73. The molecule has 1 heterocycles. The Morgan fingerprint density at radius 2 is 1.60 bits per heavy atom. The molecule has 0 saturated carbocycles. The molecule has 0 fully saturated rings. The second-order valence-electron chi connectivity index (χ2n) is 8.28. The predicted molar refractivity (Wildman–Crippen MR) is 148 cm³/mol. The molecule has 10 nitrogen and oxygen atoms in total. The largest absolute Gasteiger partial charge is 0.493 e. The molecule has 0 bridgehead atoms. The highest BCUT2D eigenvalue weighted by molar-refractivity contribution is 6.05. The first-order valence-electron chi connectivity index (χ1n) is 11.9. The van der Waals surface area contributed by atoms with E-state index in [0.29, 0.717) is 39.7 Å². The fraction of sp³-hybridized carbons (Fsp3) is 0.0667. The number of amides is 2. The number of furan rings is 1. The van der Waals surface area contributed by atoms with E-state index in [1.54, 1.807) is 72.8 Å². The van der Waals surface area contributed by atoms with Crippen molar-refractivity contribution in [1.82, 2.24) is 10.7 Å². The summed E-state index contributed by atoms with van der Waals surface area (Å²) in [7, 11) is 3.01. The molecule has 3 N–H and O–H groups in total. The van der Waals surface area contributed by atoms with E-state index in [-0.39, 0.29) is 11.3 Å². The number of carboxylic acid groups (broad SMARTS) is 1. The molecular formula is C30H25N3O7. The standard InChI is InChI=1S/C30H25N3O7/c1-38-26-13-11-19(16-27(26)39-2)15-24(32-28(34)20-7-4-3-5-8-20)29(35)33-31-18-23-12-14-25(40-23)21-9-6-10-22(17-21)30(36)37/h3-18H,1-2H3,(H,32,34)(H,33,35)(H,36,37)/b24-15+,31-18+. The number of nitrogens with one attached hydrogen (secondary N) is 2. The van der Waals surface area contributed by atoms with Crippen LogP contribution in [0.2, 0.25) is 0 Å². The van der Waals surface area contributed by atoms with Crippen LogP contribution in [0.1, 0.15) is 32.0 Å². The van der Waals surface area contributed by atoms with Crippen molar-refractivity contribution in [3.8, 4) is 22.8 Å². The molecule has 4 rings (SSSR count). The number of hydrogen-bond donors (Lipinski definition) is 3. The minimum Gasteiger partial charge on any atom is -0.493 e. The van der Waals surface area contributed by atoms with Crippen LogP contribution < -0.4 is 20.2 Å². The van der Waals surface area contributed by atoms with Crippen molar-refractivity contribution in [2.24, 2.45) is 5.10 Å². The van der Waals surface area contributed by atoms with Crippen molar-refractivity contribution in [3.05, 3.63) is 113 Å². The number of hydrogen-bond acceptors (Lipinski definition) is 7. The van der Waals surface area contributed by atoms with Gasteiger partial charge in [-0.2, -0.15) is 5.10 Å². The van der Waals surface area contributed by atoms with E-state index in [1.807, 2.05) is 0 Å². The molecule has 0 radical (unpaired) electrons. The summed E-state index contributed by atoms with van der Waals surface area (Å²) in [6.07, 6.45) is 2.77. The van der Waals surface area contributed by atoms with E-state index < -0.39 is 17.8 Å². The topological polar surface area (TPSA) is 139 Å². The second-order valence-corrected chi connectivity index (χ2v) is 8.28. The van der Waals surface area contributed by atoms with Crippen LogP contribution in [0.25, 0.3) is 17.4 Å². The molecule has 0 aliphatic rings. The van der Waals surface area contributed by atoms with E-state index in [4.69, 9.17) is 13.9 Å². The summed E-state index contributed by atoms with van der Waals surface area (Å²) < 4.78 is 16.3. The van der Waals surface area contributed by atoms with Gasteiger partial charge in [0.05, 0.1) is 26.0 Å². The number of nitrogens with zero attached hydrogens (tertiary/aromatic N) is 1. The Morgan fingerprint density at radius 1 is 0.850 bits per heavy atom. The van der Waals surface area contributed by atoms with Crippen molar-refractivity contribution >= 4 is 30.1 Å². The van der Waals surface area contributed by atoms with Crippen molar-refractivity contribution in [3.63, 3.8) is 0 Å². The van der Waals surface area contributed by atoms with Gasteiger partial charge >= 0.3 is 5.97 Å². The highest BCUT2D eigenvalue weighted by Crippen LogP contribution is 2.28. The van der Waals surface area contributed by atoms with Crippen LogP contribution in [-0.4, -0.2) is 43.3 Å². The van der Waals surface area contributed by atoms with Gasteiger partial charge in [-0.3, -0.25) is 9.59 Å². The highest BCUT2D eigenvalue weighted by Gasteiger charge is 2.15. The van der Waals surface area contributed by atoms with E-state index in [2.05, 4.69) is 15.8 Å². The van der Waals surface area contributed by atoms with E-state index in [9.17, 15) is 19.5 Å². The molecule has 0 unspecified atom stereocenters. The minimum atomic E-state index is -1.05. The normalized spacial score (nSPS) is 11.2. The Hall–Kier alpha value is -5.64. The molecule has 0 spiro atoms. The third kappa shape index (κ3) is 6.81. The van der Waals surface area contributed by atoms with Gasteiger partial charge in [0.15, 0.2) is 11.5 Å². The van der Waals surface area contributed by atoms with Gasteiger partial charge in [0, 0.05) is 11.1 Å². The predicted octanol–water partition coefficient (Wildman–Crippen LogP) is 4.58. The Bertz CT molecular complexity index is 1590. The zero-order valence-electron chi connectivity index (χ0n) is 21.6. The number of carboxylic acids is 1. The number of hydrazone groups is 1. The summed E-state index contributed by atoms with van der Waals surface area (Å²) in [6.45, 7) is 0. The lowest BCUT2D eigenvalue weighted by Gasteiger charge is -2.11. The second kappa shape index (κ2) is 12.7. The SMILES string of the molecule is COc1ccc(/C=C(/NC(=O)c2ccccc2)C(=O)N/N=C/c2ccc(-c3cccc(C(=O)O)c3)o2)cc1OC. The zero-order valence-corrected chi connectivity index (χ0v) is 21.6. The monoisotopic (exact) mass is 539 g/mol. The lowest BCUT2D eigenvalue weighted by atomic mass is 10.1. The van der Waals surface area contributed by atoms with Gasteiger partial charge < -0.3 is 24.3 Å². The molecule has 1 aromatic heterocycles. The van der Waals surface area contributed by atoms with E-state index in [1.165, 1.54) is 38.6 Å². The maximum atomic E-state index is 13.1. The van der Waals surface area contributed by atoms with Crippen molar-refractivity contribution in [1.29, 1.82) is 0 Å². The first-order chi connectivity index (χ1) is 19.4. The summed E-state index contributed by atoms with van der Waals surface area (Å²) in [4.78, 5) is 37.1. The minimum absolute atomic E-state index is 0.0659. The number of aromatic carboxylic acids is 1. The van der Waals surface area contributed by atoms with Gasteiger partial charge in [-0.25, -0.2) is 10.2 Å². The number of carbonyl (C=O) groups is 3. The fourth-order valence-electron chi connectivity index (χ4n) is 3.65. The summed E-state index contributed by atoms with van der Waals surface area (Å²) in [5, 5.41) is 15.8. The van der Waals surface area contributed by atoms with Crippen molar-refractivity contribution in [2.45, 2.75) is 0 Å². The zero-order chi connectivity index (χ0) is 28.5. The molecule has 2 amide bonds. The quantitative estimate of drug-likeness (QED) is 0.152.